The summed E-state index contributed by atoms with van der Waals surface area (Å²) in [6.07, 6.45) is 3.00. The van der Waals surface area contributed by atoms with Crippen molar-refractivity contribution in [3.63, 3.8) is 0 Å². The Morgan fingerprint density at radius 3 is 2.64 bits per heavy atom. The monoisotopic (exact) mass is 491 g/mol. The predicted octanol–water partition coefficient (Wildman–Crippen LogP) is 3.62. The number of thiazole rings is 1. The summed E-state index contributed by atoms with van der Waals surface area (Å²) < 4.78 is 6.99. The number of carboxylic acids is 1. The molecule has 0 spiro atoms. The van der Waals surface area contributed by atoms with Gasteiger partial charge in [0, 0.05) is 24.3 Å². The summed E-state index contributed by atoms with van der Waals surface area (Å²) in [5, 5.41) is 14.4. The van der Waals surface area contributed by atoms with E-state index < -0.39 is 29.7 Å². The normalized spacial score (nSPS) is 18.5. The Balaban J connectivity index is 1.61. The van der Waals surface area contributed by atoms with Crippen LogP contribution in [0.4, 0.5) is 4.79 Å². The molecule has 0 radical (unpaired) electrons. The molecular formula is C21H22ClN5O5S. The third-order valence-corrected chi connectivity index (χ3v) is 6.11. The summed E-state index contributed by atoms with van der Waals surface area (Å²) in [5.41, 5.74) is 0.00837. The number of carbonyl (C=O) groups is 3. The molecular weight excluding hydrogens is 470 g/mol. The Kier molecular flexibility index (Phi) is 6.02. The fraction of sp³-hybridized carbons (Fsp3) is 0.381. The SMILES string of the molecule is CC(C)(C)OC(=O)N[C@@H]1C[C@@H](c2nc(C(=O)O)cs2)N(C(=O)c2cn3cc(Cl)ccc3n2)C1. The number of nitrogens with zero attached hydrogens (tertiary/aromatic N) is 4. The van der Waals surface area contributed by atoms with Gasteiger partial charge in [0.2, 0.25) is 0 Å². The van der Waals surface area contributed by atoms with Crippen molar-refractivity contribution in [2.75, 3.05) is 6.54 Å². The van der Waals surface area contributed by atoms with Crippen LogP contribution in [0.5, 0.6) is 0 Å². The number of fused-ring (bicyclic) bond motifs is 1. The molecule has 1 fully saturated rings. The van der Waals surface area contributed by atoms with Crippen LogP contribution in [0.15, 0.2) is 29.9 Å². The zero-order valence-electron chi connectivity index (χ0n) is 18.1. The number of aromatic nitrogens is 3. The summed E-state index contributed by atoms with van der Waals surface area (Å²) in [7, 11) is 0. The zero-order chi connectivity index (χ0) is 23.9. The maximum Gasteiger partial charge on any atom is 0.407 e. The molecule has 0 aromatic carbocycles. The van der Waals surface area contributed by atoms with Gasteiger partial charge in [0.15, 0.2) is 5.69 Å². The molecule has 12 heteroatoms. The Morgan fingerprint density at radius 1 is 1.21 bits per heavy atom. The van der Waals surface area contributed by atoms with Crippen molar-refractivity contribution < 1.29 is 24.2 Å². The van der Waals surface area contributed by atoms with Gasteiger partial charge in [-0.3, -0.25) is 4.79 Å². The van der Waals surface area contributed by atoms with E-state index in [1.807, 2.05) is 0 Å². The molecule has 174 valence electrons. The predicted molar refractivity (Wildman–Crippen MR) is 121 cm³/mol. The molecule has 0 saturated carbocycles. The molecule has 1 aliphatic rings. The molecule has 2 atom stereocenters. The fourth-order valence-electron chi connectivity index (χ4n) is 3.63. The van der Waals surface area contributed by atoms with E-state index in [1.54, 1.807) is 54.6 Å². The molecule has 33 heavy (non-hydrogen) atoms. The summed E-state index contributed by atoms with van der Waals surface area (Å²) >= 11 is 7.18. The molecule has 4 heterocycles. The molecule has 1 saturated heterocycles. The van der Waals surface area contributed by atoms with E-state index in [9.17, 15) is 19.5 Å². The summed E-state index contributed by atoms with van der Waals surface area (Å²) in [5.74, 6) is -1.51. The van der Waals surface area contributed by atoms with Gasteiger partial charge < -0.3 is 24.5 Å². The van der Waals surface area contributed by atoms with Gasteiger partial charge in [-0.2, -0.15) is 0 Å². The number of halogens is 1. The van der Waals surface area contributed by atoms with E-state index >= 15 is 0 Å². The highest BCUT2D eigenvalue weighted by molar-refractivity contribution is 7.09. The van der Waals surface area contributed by atoms with Crippen molar-refractivity contribution in [3.05, 3.63) is 51.3 Å². The van der Waals surface area contributed by atoms with Gasteiger partial charge in [0.05, 0.1) is 17.1 Å². The molecule has 2 amide bonds. The second-order valence-corrected chi connectivity index (χ2v) is 9.99. The van der Waals surface area contributed by atoms with E-state index in [1.165, 1.54) is 5.38 Å². The average Bonchev–Trinajstić information content (AvgIpc) is 3.43. The van der Waals surface area contributed by atoms with Crippen LogP contribution in [0, 0.1) is 0 Å². The highest BCUT2D eigenvalue weighted by Gasteiger charge is 2.40. The lowest BCUT2D eigenvalue weighted by molar-refractivity contribution is 0.0501. The van der Waals surface area contributed by atoms with Gasteiger partial charge in [0.25, 0.3) is 5.91 Å². The molecule has 0 bridgehead atoms. The first-order valence-corrected chi connectivity index (χ1v) is 11.4. The number of hydrogen-bond acceptors (Lipinski definition) is 7. The van der Waals surface area contributed by atoms with Crippen molar-refractivity contribution >= 4 is 46.6 Å². The number of ether oxygens (including phenoxy) is 1. The lowest BCUT2D eigenvalue weighted by atomic mass is 10.1. The Hall–Kier alpha value is -3.18. The number of nitrogens with one attached hydrogen (secondary N) is 1. The minimum Gasteiger partial charge on any atom is -0.476 e. The first-order chi connectivity index (χ1) is 15.5. The number of carbonyl (C=O) groups excluding carboxylic acids is 2. The molecule has 1 aliphatic heterocycles. The lowest BCUT2D eigenvalue weighted by Gasteiger charge is -2.22. The second-order valence-electron chi connectivity index (χ2n) is 8.67. The second kappa shape index (κ2) is 8.64. The van der Waals surface area contributed by atoms with Crippen LogP contribution in [0.2, 0.25) is 5.02 Å². The molecule has 0 aliphatic carbocycles. The number of aromatic carboxylic acids is 1. The van der Waals surface area contributed by atoms with Crippen LogP contribution in [0.1, 0.15) is 59.2 Å². The fourth-order valence-corrected chi connectivity index (χ4v) is 4.71. The number of alkyl carbamates (subject to hydrolysis) is 1. The first-order valence-electron chi connectivity index (χ1n) is 10.1. The van der Waals surface area contributed by atoms with E-state index in [0.717, 1.165) is 11.3 Å². The average molecular weight is 492 g/mol. The maximum atomic E-state index is 13.4. The highest BCUT2D eigenvalue weighted by Crippen LogP contribution is 2.35. The first kappa shape index (κ1) is 23.0. The number of carboxylic acid groups (broad SMARTS) is 1. The van der Waals surface area contributed by atoms with Crippen LogP contribution >= 0.6 is 22.9 Å². The zero-order valence-corrected chi connectivity index (χ0v) is 19.7. The van der Waals surface area contributed by atoms with Crippen molar-refractivity contribution in [1.29, 1.82) is 0 Å². The standard InChI is InChI=1S/C21H22ClN5O5S/c1-21(2,3)32-20(31)23-12-6-15(17-25-14(10-33-17)19(29)30)27(8-12)18(28)13-9-26-7-11(22)4-5-16(26)24-13/h4-5,7,9-10,12,15H,6,8H2,1-3H3,(H,23,31)(H,29,30)/t12-,15+/m1/s1. The minimum absolute atomic E-state index is 0.0895. The number of rotatable bonds is 4. The van der Waals surface area contributed by atoms with E-state index in [4.69, 9.17) is 16.3 Å². The molecule has 10 nitrogen and oxygen atoms in total. The van der Waals surface area contributed by atoms with Gasteiger partial charge in [-0.15, -0.1) is 11.3 Å². The van der Waals surface area contributed by atoms with Crippen molar-refractivity contribution in [2.24, 2.45) is 0 Å². The van der Waals surface area contributed by atoms with Gasteiger partial charge in [-0.05, 0) is 39.3 Å². The Bertz CT molecular complexity index is 1230. The number of pyridine rings is 1. The van der Waals surface area contributed by atoms with Crippen LogP contribution in [-0.4, -0.2) is 60.5 Å². The lowest BCUT2D eigenvalue weighted by Crippen LogP contribution is -2.41. The van der Waals surface area contributed by atoms with Crippen molar-refractivity contribution in [2.45, 2.75) is 44.9 Å². The van der Waals surface area contributed by atoms with E-state index in [0.29, 0.717) is 22.1 Å². The summed E-state index contributed by atoms with van der Waals surface area (Å²) in [6.45, 7) is 5.48. The number of imidazole rings is 1. The van der Waals surface area contributed by atoms with Crippen LogP contribution in [-0.2, 0) is 4.74 Å². The minimum atomic E-state index is -1.14. The quantitative estimate of drug-likeness (QED) is 0.570. The van der Waals surface area contributed by atoms with Gasteiger partial charge >= 0.3 is 12.1 Å². The highest BCUT2D eigenvalue weighted by atomic mass is 35.5. The van der Waals surface area contributed by atoms with Gasteiger partial charge in [-0.1, -0.05) is 11.6 Å². The largest absolute Gasteiger partial charge is 0.476 e. The third-order valence-electron chi connectivity index (χ3n) is 4.94. The van der Waals surface area contributed by atoms with Crippen LogP contribution < -0.4 is 5.32 Å². The van der Waals surface area contributed by atoms with Crippen molar-refractivity contribution in [3.8, 4) is 0 Å². The maximum absolute atomic E-state index is 13.4. The number of hydrogen-bond donors (Lipinski definition) is 2. The summed E-state index contributed by atoms with van der Waals surface area (Å²) in [4.78, 5) is 47.1. The van der Waals surface area contributed by atoms with Crippen LogP contribution in [0.25, 0.3) is 5.65 Å². The topological polar surface area (TPSA) is 126 Å². The Morgan fingerprint density at radius 2 is 1.97 bits per heavy atom. The van der Waals surface area contributed by atoms with E-state index in [-0.39, 0.29) is 23.8 Å². The number of amides is 2. The number of likely N-dealkylation sites (tertiary alicyclic amines) is 1. The van der Waals surface area contributed by atoms with Gasteiger partial charge in [-0.25, -0.2) is 19.6 Å². The van der Waals surface area contributed by atoms with Crippen LogP contribution in [0.3, 0.4) is 0 Å². The summed E-state index contributed by atoms with van der Waals surface area (Å²) in [6, 6.07) is 2.45. The Labute approximate surface area is 198 Å². The van der Waals surface area contributed by atoms with Gasteiger partial charge in [0.1, 0.15) is 21.9 Å². The third kappa shape index (κ3) is 5.09. The molecule has 4 rings (SSSR count). The molecule has 0 unspecified atom stereocenters. The smallest absolute Gasteiger partial charge is 0.407 e. The molecule has 2 N–H and O–H groups in total. The molecule has 3 aromatic rings. The molecule has 3 aromatic heterocycles. The van der Waals surface area contributed by atoms with Crippen molar-refractivity contribution in [1.82, 2.24) is 24.6 Å². The van der Waals surface area contributed by atoms with E-state index in [2.05, 4.69) is 15.3 Å².